The number of nitrogens with one attached hydrogen (secondary N) is 2. The Morgan fingerprint density at radius 1 is 1.00 bits per heavy atom. The molecule has 0 bridgehead atoms. The SMILES string of the molecule is Cc1cc(NC(=O)c2cccc(F)c2)sc1C(=O)Nc1ccc(Br)cc1F. The fourth-order valence-corrected chi connectivity index (χ4v) is 3.65. The van der Waals surface area contributed by atoms with Gasteiger partial charge in [0, 0.05) is 10.0 Å². The average Bonchev–Trinajstić information content (AvgIpc) is 2.97. The first-order valence-corrected chi connectivity index (χ1v) is 9.38. The van der Waals surface area contributed by atoms with Crippen molar-refractivity contribution in [2.24, 2.45) is 0 Å². The van der Waals surface area contributed by atoms with Gasteiger partial charge in [0.15, 0.2) is 0 Å². The van der Waals surface area contributed by atoms with Gasteiger partial charge in [0.25, 0.3) is 11.8 Å². The molecule has 8 heteroatoms. The Balaban J connectivity index is 1.75. The van der Waals surface area contributed by atoms with Crippen LogP contribution in [0.4, 0.5) is 19.5 Å². The van der Waals surface area contributed by atoms with E-state index in [2.05, 4.69) is 26.6 Å². The fraction of sp³-hybridized carbons (Fsp3) is 0.0526. The van der Waals surface area contributed by atoms with Crippen molar-refractivity contribution in [1.29, 1.82) is 0 Å². The van der Waals surface area contributed by atoms with Crippen LogP contribution in [-0.4, -0.2) is 11.8 Å². The summed E-state index contributed by atoms with van der Waals surface area (Å²) in [6.45, 7) is 1.71. The first kappa shape index (κ1) is 19.2. The second-order valence-electron chi connectivity index (χ2n) is 5.67. The first-order valence-electron chi connectivity index (χ1n) is 7.77. The summed E-state index contributed by atoms with van der Waals surface area (Å²) < 4.78 is 27.7. The zero-order chi connectivity index (χ0) is 19.6. The van der Waals surface area contributed by atoms with Crippen LogP contribution in [-0.2, 0) is 0 Å². The van der Waals surface area contributed by atoms with Crippen molar-refractivity contribution in [3.05, 3.63) is 80.6 Å². The van der Waals surface area contributed by atoms with Gasteiger partial charge in [0.1, 0.15) is 11.6 Å². The molecule has 4 nitrogen and oxygen atoms in total. The maximum absolute atomic E-state index is 13.9. The number of anilines is 2. The lowest BCUT2D eigenvalue weighted by atomic mass is 10.2. The van der Waals surface area contributed by atoms with Crippen LogP contribution in [0.25, 0.3) is 0 Å². The Labute approximate surface area is 166 Å². The van der Waals surface area contributed by atoms with Crippen LogP contribution in [0.15, 0.2) is 53.0 Å². The molecule has 0 fully saturated rings. The molecule has 1 aromatic heterocycles. The Bertz CT molecular complexity index is 1040. The van der Waals surface area contributed by atoms with Gasteiger partial charge in [-0.15, -0.1) is 11.3 Å². The quantitative estimate of drug-likeness (QED) is 0.543. The lowest BCUT2D eigenvalue weighted by Gasteiger charge is -2.06. The normalized spacial score (nSPS) is 10.5. The lowest BCUT2D eigenvalue weighted by molar-refractivity contribution is 0.101. The topological polar surface area (TPSA) is 58.2 Å². The van der Waals surface area contributed by atoms with Crippen molar-refractivity contribution in [2.75, 3.05) is 10.6 Å². The summed E-state index contributed by atoms with van der Waals surface area (Å²) in [5.74, 6) is -2.04. The highest BCUT2D eigenvalue weighted by Gasteiger charge is 2.17. The summed E-state index contributed by atoms with van der Waals surface area (Å²) in [6.07, 6.45) is 0. The Morgan fingerprint density at radius 3 is 2.48 bits per heavy atom. The minimum Gasteiger partial charge on any atom is -0.319 e. The first-order chi connectivity index (χ1) is 12.8. The summed E-state index contributed by atoms with van der Waals surface area (Å²) in [5.41, 5.74) is 0.856. The number of carbonyl (C=O) groups is 2. The van der Waals surface area contributed by atoms with E-state index in [1.807, 2.05) is 0 Å². The zero-order valence-corrected chi connectivity index (χ0v) is 16.4. The molecule has 3 rings (SSSR count). The van der Waals surface area contributed by atoms with Gasteiger partial charge in [0.05, 0.1) is 15.6 Å². The van der Waals surface area contributed by atoms with Gasteiger partial charge in [-0.05, 0) is 55.0 Å². The second kappa shape index (κ2) is 7.98. The Morgan fingerprint density at radius 2 is 1.78 bits per heavy atom. The number of thiophene rings is 1. The highest BCUT2D eigenvalue weighted by molar-refractivity contribution is 9.10. The fourth-order valence-electron chi connectivity index (χ4n) is 2.35. The van der Waals surface area contributed by atoms with Crippen molar-refractivity contribution < 1.29 is 18.4 Å². The molecule has 0 spiro atoms. The van der Waals surface area contributed by atoms with E-state index >= 15 is 0 Å². The van der Waals surface area contributed by atoms with Crippen molar-refractivity contribution in [1.82, 2.24) is 0 Å². The average molecular weight is 451 g/mol. The predicted molar refractivity (Wildman–Crippen MR) is 105 cm³/mol. The predicted octanol–water partition coefficient (Wildman–Crippen LogP) is 5.60. The number of hydrogen-bond acceptors (Lipinski definition) is 3. The van der Waals surface area contributed by atoms with Crippen molar-refractivity contribution in [3.63, 3.8) is 0 Å². The van der Waals surface area contributed by atoms with Crippen molar-refractivity contribution in [3.8, 4) is 0 Å². The number of aryl methyl sites for hydroxylation is 1. The summed E-state index contributed by atoms with van der Waals surface area (Å²) in [5, 5.41) is 5.58. The number of halogens is 3. The highest BCUT2D eigenvalue weighted by atomic mass is 79.9. The van der Waals surface area contributed by atoms with Gasteiger partial charge >= 0.3 is 0 Å². The molecular weight excluding hydrogens is 438 g/mol. The van der Waals surface area contributed by atoms with Crippen LogP contribution in [0.3, 0.4) is 0 Å². The molecule has 0 aliphatic rings. The molecule has 0 saturated carbocycles. The summed E-state index contributed by atoms with van der Waals surface area (Å²) >= 11 is 4.21. The monoisotopic (exact) mass is 450 g/mol. The number of amides is 2. The maximum atomic E-state index is 13.9. The smallest absolute Gasteiger partial charge is 0.266 e. The van der Waals surface area contributed by atoms with Crippen LogP contribution in [0.5, 0.6) is 0 Å². The Kier molecular flexibility index (Phi) is 5.67. The third-order valence-corrected chi connectivity index (χ3v) is 5.27. The molecule has 3 aromatic rings. The van der Waals surface area contributed by atoms with Crippen LogP contribution in [0, 0.1) is 18.6 Å². The molecule has 27 heavy (non-hydrogen) atoms. The van der Waals surface area contributed by atoms with E-state index in [4.69, 9.17) is 0 Å². The van der Waals surface area contributed by atoms with E-state index in [0.717, 1.165) is 17.4 Å². The van der Waals surface area contributed by atoms with E-state index in [1.54, 1.807) is 19.1 Å². The van der Waals surface area contributed by atoms with E-state index in [1.165, 1.54) is 30.3 Å². The number of rotatable bonds is 4. The lowest BCUT2D eigenvalue weighted by Crippen LogP contribution is -2.12. The molecule has 0 unspecified atom stereocenters. The second-order valence-corrected chi connectivity index (χ2v) is 7.63. The summed E-state index contributed by atoms with van der Waals surface area (Å²) in [6, 6.07) is 11.3. The minimum atomic E-state index is -0.563. The van der Waals surface area contributed by atoms with Crippen LogP contribution in [0.2, 0.25) is 0 Å². The van der Waals surface area contributed by atoms with Crippen LogP contribution in [0.1, 0.15) is 25.6 Å². The molecule has 0 saturated heterocycles. The zero-order valence-electron chi connectivity index (χ0n) is 14.0. The number of carbonyl (C=O) groups excluding carboxylic acids is 2. The third kappa shape index (κ3) is 4.58. The van der Waals surface area contributed by atoms with Gasteiger partial charge in [0.2, 0.25) is 0 Å². The minimum absolute atomic E-state index is 0.0568. The molecule has 0 radical (unpaired) electrons. The van der Waals surface area contributed by atoms with E-state index in [0.29, 0.717) is 19.9 Å². The summed E-state index contributed by atoms with van der Waals surface area (Å²) in [7, 11) is 0. The van der Waals surface area contributed by atoms with Crippen molar-refractivity contribution in [2.45, 2.75) is 6.92 Å². The molecule has 0 aliphatic heterocycles. The molecule has 0 aliphatic carbocycles. The number of hydrogen-bond donors (Lipinski definition) is 2. The number of benzene rings is 2. The molecule has 2 aromatic carbocycles. The van der Waals surface area contributed by atoms with Crippen molar-refractivity contribution >= 4 is 49.8 Å². The standard InChI is InChI=1S/C19H13BrF2N2O2S/c1-10-7-16(24-18(25)11-3-2-4-13(21)8-11)27-17(10)19(26)23-15-6-5-12(20)9-14(15)22/h2-9H,1H3,(H,23,26)(H,24,25). The molecule has 2 N–H and O–H groups in total. The van der Waals surface area contributed by atoms with Gasteiger partial charge < -0.3 is 10.6 Å². The van der Waals surface area contributed by atoms with Crippen LogP contribution >= 0.6 is 27.3 Å². The Hall–Kier alpha value is -2.58. The van der Waals surface area contributed by atoms with Gasteiger partial charge in [-0.2, -0.15) is 0 Å². The van der Waals surface area contributed by atoms with E-state index in [-0.39, 0.29) is 11.3 Å². The van der Waals surface area contributed by atoms with Crippen LogP contribution < -0.4 is 10.6 Å². The largest absolute Gasteiger partial charge is 0.319 e. The van der Waals surface area contributed by atoms with Gasteiger partial charge in [-0.25, -0.2) is 8.78 Å². The molecular formula is C19H13BrF2N2O2S. The van der Waals surface area contributed by atoms with E-state index in [9.17, 15) is 18.4 Å². The maximum Gasteiger partial charge on any atom is 0.266 e. The summed E-state index contributed by atoms with van der Waals surface area (Å²) in [4.78, 5) is 25.0. The highest BCUT2D eigenvalue weighted by Crippen LogP contribution is 2.28. The molecule has 2 amide bonds. The molecule has 1 heterocycles. The van der Waals surface area contributed by atoms with Gasteiger partial charge in [-0.1, -0.05) is 22.0 Å². The third-order valence-electron chi connectivity index (χ3n) is 3.63. The van der Waals surface area contributed by atoms with E-state index < -0.39 is 23.4 Å². The molecule has 0 atom stereocenters. The molecule has 138 valence electrons. The van der Waals surface area contributed by atoms with Gasteiger partial charge in [-0.3, -0.25) is 9.59 Å².